The van der Waals surface area contributed by atoms with Crippen molar-refractivity contribution in [3.63, 3.8) is 0 Å². The number of ether oxygens (including phenoxy) is 1. The maximum absolute atomic E-state index is 13.9. The number of halogens is 3. The topological polar surface area (TPSA) is 88.7 Å². The summed E-state index contributed by atoms with van der Waals surface area (Å²) in [4.78, 5) is 18.3. The number of alkyl halides is 3. The number of hydrogen-bond donors (Lipinski definition) is 1. The standard InChI is InChI=1S/C35H36F3N3O4/c1-20(2)44-30-17-29(33(42)43)39-28-10-9-23(16-25(28)30)41-13-11-34(12-14-41)18-21(19-34)15-26-31(40-45-32(26)22-7-8-22)24-5-3-4-6-27(24)35(36,37)38/h3-6,9-10,16-17,20-22H,7-8,11-15,18-19H2,1-2H3,(H,42,43). The van der Waals surface area contributed by atoms with Crippen molar-refractivity contribution in [2.24, 2.45) is 11.3 Å². The van der Waals surface area contributed by atoms with Crippen LogP contribution in [-0.4, -0.2) is 40.4 Å². The van der Waals surface area contributed by atoms with Gasteiger partial charge in [0, 0.05) is 47.3 Å². The Morgan fingerprint density at radius 1 is 1.11 bits per heavy atom. The van der Waals surface area contributed by atoms with Gasteiger partial charge in [0.25, 0.3) is 0 Å². The smallest absolute Gasteiger partial charge is 0.417 e. The molecule has 0 radical (unpaired) electrons. The molecule has 1 N–H and O–H groups in total. The van der Waals surface area contributed by atoms with Gasteiger partial charge in [0.05, 0.1) is 17.2 Å². The SMILES string of the molecule is CC(C)Oc1cc(C(=O)O)nc2ccc(N3CCC4(CC3)CC(Cc3c(-c5ccccc5C(F)(F)F)noc3C3CC3)C4)cc12. The van der Waals surface area contributed by atoms with Crippen LogP contribution in [0.15, 0.2) is 53.1 Å². The lowest BCUT2D eigenvalue weighted by Crippen LogP contribution is -2.47. The summed E-state index contributed by atoms with van der Waals surface area (Å²) < 4.78 is 53.3. The maximum Gasteiger partial charge on any atom is 0.417 e. The highest BCUT2D eigenvalue weighted by atomic mass is 19.4. The molecule has 3 heterocycles. The minimum absolute atomic E-state index is 0.0440. The van der Waals surface area contributed by atoms with Crippen LogP contribution in [0, 0.1) is 11.3 Å². The van der Waals surface area contributed by atoms with Crippen molar-refractivity contribution in [1.82, 2.24) is 10.1 Å². The molecular formula is C35H36F3N3O4. The summed E-state index contributed by atoms with van der Waals surface area (Å²) in [5.74, 6) is 0.845. The number of piperidine rings is 1. The lowest BCUT2D eigenvalue weighted by molar-refractivity contribution is -0.137. The fraction of sp³-hybridized carbons (Fsp3) is 0.457. The number of benzene rings is 2. The minimum Gasteiger partial charge on any atom is -0.490 e. The first-order chi connectivity index (χ1) is 21.5. The van der Waals surface area contributed by atoms with E-state index in [0.29, 0.717) is 29.3 Å². The molecule has 10 heteroatoms. The van der Waals surface area contributed by atoms with E-state index in [-0.39, 0.29) is 28.7 Å². The van der Waals surface area contributed by atoms with Crippen molar-refractivity contribution >= 4 is 22.6 Å². The van der Waals surface area contributed by atoms with Crippen LogP contribution < -0.4 is 9.64 Å². The van der Waals surface area contributed by atoms with Gasteiger partial charge < -0.3 is 19.3 Å². The van der Waals surface area contributed by atoms with Crippen LogP contribution >= 0.6 is 0 Å². The van der Waals surface area contributed by atoms with Crippen LogP contribution in [0.4, 0.5) is 18.9 Å². The van der Waals surface area contributed by atoms with Crippen molar-refractivity contribution in [2.75, 3.05) is 18.0 Å². The molecule has 3 fully saturated rings. The third kappa shape index (κ3) is 5.75. The molecule has 2 aromatic heterocycles. The van der Waals surface area contributed by atoms with Crippen molar-refractivity contribution in [1.29, 1.82) is 0 Å². The predicted octanol–water partition coefficient (Wildman–Crippen LogP) is 8.51. The Kier molecular flexibility index (Phi) is 7.28. The number of carboxylic acid groups (broad SMARTS) is 1. The van der Waals surface area contributed by atoms with Crippen LogP contribution in [0.3, 0.4) is 0 Å². The Bertz CT molecular complexity index is 1740. The number of pyridine rings is 1. The van der Waals surface area contributed by atoms with Gasteiger partial charge in [-0.25, -0.2) is 9.78 Å². The van der Waals surface area contributed by atoms with Gasteiger partial charge in [0.2, 0.25) is 0 Å². The van der Waals surface area contributed by atoms with E-state index in [1.165, 1.54) is 18.2 Å². The van der Waals surface area contributed by atoms with Crippen LogP contribution in [0.2, 0.25) is 0 Å². The Hall–Kier alpha value is -4.08. The van der Waals surface area contributed by atoms with E-state index in [9.17, 15) is 23.1 Å². The summed E-state index contributed by atoms with van der Waals surface area (Å²) >= 11 is 0. The highest BCUT2D eigenvalue weighted by Gasteiger charge is 2.47. The molecule has 7 rings (SSSR count). The molecule has 0 unspecified atom stereocenters. The molecule has 1 spiro atoms. The number of fused-ring (bicyclic) bond motifs is 1. The third-order valence-corrected chi connectivity index (χ3v) is 9.72. The van der Waals surface area contributed by atoms with Crippen LogP contribution in [0.1, 0.15) is 85.7 Å². The second-order valence-electron chi connectivity index (χ2n) is 13.3. The number of aromatic nitrogens is 2. The summed E-state index contributed by atoms with van der Waals surface area (Å²) in [7, 11) is 0. The van der Waals surface area contributed by atoms with Gasteiger partial charge in [-0.3, -0.25) is 0 Å². The summed E-state index contributed by atoms with van der Waals surface area (Å²) in [5.41, 5.74) is 2.48. The van der Waals surface area contributed by atoms with Gasteiger partial charge in [0.1, 0.15) is 17.2 Å². The Labute approximate surface area is 259 Å². The molecule has 2 aromatic carbocycles. The van der Waals surface area contributed by atoms with E-state index in [0.717, 1.165) is 80.1 Å². The summed E-state index contributed by atoms with van der Waals surface area (Å²) in [5, 5.41) is 14.5. The lowest BCUT2D eigenvalue weighted by atomic mass is 9.56. The number of aromatic carboxylic acids is 1. The molecule has 1 saturated heterocycles. The fourth-order valence-electron chi connectivity index (χ4n) is 7.42. The fourth-order valence-corrected chi connectivity index (χ4v) is 7.42. The zero-order valence-electron chi connectivity index (χ0n) is 25.4. The zero-order chi connectivity index (χ0) is 31.5. The molecule has 3 aliphatic rings. The summed E-state index contributed by atoms with van der Waals surface area (Å²) in [6.07, 6.45) is 2.25. The molecule has 45 heavy (non-hydrogen) atoms. The number of nitrogens with zero attached hydrogens (tertiary/aromatic N) is 3. The predicted molar refractivity (Wildman–Crippen MR) is 164 cm³/mol. The van der Waals surface area contributed by atoms with E-state index >= 15 is 0 Å². The first-order valence-corrected chi connectivity index (χ1v) is 15.7. The molecule has 236 valence electrons. The maximum atomic E-state index is 13.9. The van der Waals surface area contributed by atoms with Gasteiger partial charge >= 0.3 is 12.1 Å². The molecule has 4 aromatic rings. The van der Waals surface area contributed by atoms with Crippen molar-refractivity contribution < 1.29 is 32.3 Å². The number of hydrogen-bond acceptors (Lipinski definition) is 6. The van der Waals surface area contributed by atoms with Gasteiger partial charge in [-0.2, -0.15) is 13.2 Å². The van der Waals surface area contributed by atoms with E-state index in [1.54, 1.807) is 6.07 Å². The highest BCUT2D eigenvalue weighted by Crippen LogP contribution is 2.55. The van der Waals surface area contributed by atoms with E-state index in [4.69, 9.17) is 9.26 Å². The molecule has 2 saturated carbocycles. The second-order valence-corrected chi connectivity index (χ2v) is 13.3. The van der Waals surface area contributed by atoms with Gasteiger partial charge in [0.15, 0.2) is 5.69 Å². The van der Waals surface area contributed by atoms with Crippen molar-refractivity contribution in [3.8, 4) is 17.0 Å². The molecular weight excluding hydrogens is 583 g/mol. The molecule has 1 aliphatic heterocycles. The zero-order valence-corrected chi connectivity index (χ0v) is 25.4. The van der Waals surface area contributed by atoms with E-state index < -0.39 is 17.7 Å². The summed E-state index contributed by atoms with van der Waals surface area (Å²) in [6, 6.07) is 13.1. The van der Waals surface area contributed by atoms with Gasteiger partial charge in [-0.15, -0.1) is 0 Å². The number of carbonyl (C=O) groups is 1. The average Bonchev–Trinajstić information content (AvgIpc) is 3.75. The quantitative estimate of drug-likeness (QED) is 0.212. The van der Waals surface area contributed by atoms with Crippen molar-refractivity contribution in [3.05, 3.63) is 71.1 Å². The molecule has 0 bridgehead atoms. The Balaban J connectivity index is 1.05. The van der Waals surface area contributed by atoms with E-state index in [1.807, 2.05) is 32.0 Å². The molecule has 0 atom stereocenters. The average molecular weight is 620 g/mol. The number of carboxylic acids is 1. The first-order valence-electron chi connectivity index (χ1n) is 15.7. The largest absolute Gasteiger partial charge is 0.490 e. The third-order valence-electron chi connectivity index (χ3n) is 9.72. The second kappa shape index (κ2) is 11.1. The first kappa shape index (κ1) is 29.6. The summed E-state index contributed by atoms with van der Waals surface area (Å²) in [6.45, 7) is 5.60. The minimum atomic E-state index is -4.47. The lowest BCUT2D eigenvalue weighted by Gasteiger charge is -2.53. The number of anilines is 1. The van der Waals surface area contributed by atoms with Gasteiger partial charge in [-0.1, -0.05) is 23.4 Å². The van der Waals surface area contributed by atoms with Crippen LogP contribution in [0.5, 0.6) is 5.75 Å². The van der Waals surface area contributed by atoms with Gasteiger partial charge in [-0.05, 0) is 94.4 Å². The van der Waals surface area contributed by atoms with Crippen molar-refractivity contribution in [2.45, 2.75) is 77.0 Å². The Morgan fingerprint density at radius 2 is 1.84 bits per heavy atom. The Morgan fingerprint density at radius 3 is 2.51 bits per heavy atom. The van der Waals surface area contributed by atoms with Crippen LogP contribution in [-0.2, 0) is 12.6 Å². The highest BCUT2D eigenvalue weighted by molar-refractivity contribution is 5.94. The monoisotopic (exact) mass is 619 g/mol. The molecule has 2 aliphatic carbocycles. The number of rotatable bonds is 8. The van der Waals surface area contributed by atoms with Crippen LogP contribution in [0.25, 0.3) is 22.2 Å². The molecule has 7 nitrogen and oxygen atoms in total. The van der Waals surface area contributed by atoms with E-state index in [2.05, 4.69) is 15.0 Å². The normalized spacial score (nSPS) is 18.5. The molecule has 0 amide bonds.